The molecular weight excluding hydrogens is 216 g/mol. The monoisotopic (exact) mass is 226 g/mol. The molecule has 86 valence electrons. The van der Waals surface area contributed by atoms with Gasteiger partial charge in [-0.2, -0.15) is 4.74 Å². The lowest BCUT2D eigenvalue weighted by Crippen LogP contribution is -2.42. The molecule has 16 heavy (non-hydrogen) atoms. The Balaban J connectivity index is 2.47. The zero-order chi connectivity index (χ0) is 11.9. The van der Waals surface area contributed by atoms with Crippen molar-refractivity contribution in [3.05, 3.63) is 29.4 Å². The van der Waals surface area contributed by atoms with Crippen molar-refractivity contribution in [2.75, 3.05) is 0 Å². The molecular formula is C9H10N2O5. The van der Waals surface area contributed by atoms with E-state index in [0.29, 0.717) is 5.06 Å². The molecule has 0 fully saturated rings. The number of hydroxylamine groups is 3. The Morgan fingerprint density at radius 1 is 1.69 bits per heavy atom. The zero-order valence-electron chi connectivity index (χ0n) is 8.40. The van der Waals surface area contributed by atoms with Gasteiger partial charge in [0, 0.05) is 0 Å². The summed E-state index contributed by atoms with van der Waals surface area (Å²) >= 11 is 0. The minimum Gasteiger partial charge on any atom is -0.622 e. The summed E-state index contributed by atoms with van der Waals surface area (Å²) in [5, 5.41) is 30.5. The van der Waals surface area contributed by atoms with Gasteiger partial charge >= 0.3 is 12.1 Å². The van der Waals surface area contributed by atoms with E-state index >= 15 is 0 Å². The predicted octanol–water partition coefficient (Wildman–Crippen LogP) is 0.0830. The summed E-state index contributed by atoms with van der Waals surface area (Å²) in [5.41, 5.74) is 0.0971. The lowest BCUT2D eigenvalue weighted by molar-refractivity contribution is -0.521. The number of carboxylic acids is 1. The van der Waals surface area contributed by atoms with Gasteiger partial charge in [-0.15, -0.1) is 5.06 Å². The molecule has 1 aliphatic heterocycles. The predicted molar refractivity (Wildman–Crippen MR) is 51.0 cm³/mol. The van der Waals surface area contributed by atoms with Crippen LogP contribution in [0.25, 0.3) is 0 Å². The van der Waals surface area contributed by atoms with Gasteiger partial charge in [0.1, 0.15) is 6.04 Å². The first-order valence-corrected chi connectivity index (χ1v) is 4.61. The van der Waals surface area contributed by atoms with Crippen molar-refractivity contribution in [3.8, 4) is 0 Å². The van der Waals surface area contributed by atoms with E-state index in [0.717, 1.165) is 0 Å². The third kappa shape index (κ3) is 1.37. The maximum atomic E-state index is 11.7. The van der Waals surface area contributed by atoms with E-state index in [1.54, 1.807) is 6.07 Å². The van der Waals surface area contributed by atoms with Crippen LogP contribution in [0.15, 0.2) is 22.8 Å². The average Bonchev–Trinajstić information content (AvgIpc) is 2.76. The van der Waals surface area contributed by atoms with E-state index in [1.807, 2.05) is 0 Å². The van der Waals surface area contributed by atoms with Gasteiger partial charge in [0.05, 0.1) is 6.26 Å². The smallest absolute Gasteiger partial charge is 0.393 e. The van der Waals surface area contributed by atoms with Gasteiger partial charge in [0.2, 0.25) is 0 Å². The zero-order valence-corrected chi connectivity index (χ0v) is 8.40. The van der Waals surface area contributed by atoms with E-state index in [2.05, 4.69) is 0 Å². The van der Waals surface area contributed by atoms with Crippen molar-refractivity contribution >= 4 is 11.7 Å². The van der Waals surface area contributed by atoms with Gasteiger partial charge in [-0.3, -0.25) is 0 Å². The topological polar surface area (TPSA) is 100.0 Å². The lowest BCUT2D eigenvalue weighted by Gasteiger charge is -2.13. The van der Waals surface area contributed by atoms with Crippen molar-refractivity contribution in [2.24, 2.45) is 0 Å². The Bertz CT molecular complexity index is 439. The molecule has 7 nitrogen and oxygen atoms in total. The largest absolute Gasteiger partial charge is 0.622 e. The Labute approximate surface area is 90.4 Å². The molecule has 2 atom stereocenters. The Morgan fingerprint density at radius 2 is 2.38 bits per heavy atom. The fourth-order valence-corrected chi connectivity index (χ4v) is 1.71. The molecule has 7 heteroatoms. The van der Waals surface area contributed by atoms with Gasteiger partial charge < -0.3 is 19.9 Å². The normalized spacial score (nSPS) is 26.4. The van der Waals surface area contributed by atoms with E-state index in [1.165, 1.54) is 19.3 Å². The standard InChI is InChI=1S/C9H10N2O5/c1-5-7(6-3-2-4-16-6)11(15)8(9(12)13)10(5)14/h2-5,8,14H,1H3,(H,12,13). The number of furan rings is 1. The molecule has 0 saturated heterocycles. The molecule has 0 radical (unpaired) electrons. The van der Waals surface area contributed by atoms with Crippen LogP contribution in [-0.2, 0) is 4.79 Å². The summed E-state index contributed by atoms with van der Waals surface area (Å²) < 4.78 is 5.27. The molecule has 1 aromatic rings. The second kappa shape index (κ2) is 3.62. The van der Waals surface area contributed by atoms with Crippen molar-refractivity contribution in [1.29, 1.82) is 0 Å². The molecule has 1 aliphatic rings. The highest BCUT2D eigenvalue weighted by molar-refractivity contribution is 6.00. The molecule has 0 bridgehead atoms. The summed E-state index contributed by atoms with van der Waals surface area (Å²) in [6, 6.07) is 2.39. The van der Waals surface area contributed by atoms with Crippen molar-refractivity contribution in [2.45, 2.75) is 19.1 Å². The van der Waals surface area contributed by atoms with Crippen LogP contribution in [0.1, 0.15) is 12.7 Å². The van der Waals surface area contributed by atoms with Gasteiger partial charge in [-0.05, 0) is 19.1 Å². The van der Waals surface area contributed by atoms with E-state index in [-0.39, 0.29) is 16.2 Å². The number of rotatable bonds is 2. The molecule has 0 aromatic carbocycles. The molecule has 0 aliphatic carbocycles. The summed E-state index contributed by atoms with van der Waals surface area (Å²) in [6.07, 6.45) is -0.256. The van der Waals surface area contributed by atoms with Crippen molar-refractivity contribution in [1.82, 2.24) is 5.06 Å². The maximum Gasteiger partial charge on any atom is 0.393 e. The number of hydrogen-bond donors (Lipinski definition) is 2. The van der Waals surface area contributed by atoms with Crippen molar-refractivity contribution in [3.63, 3.8) is 0 Å². The summed E-state index contributed by atoms with van der Waals surface area (Å²) in [4.78, 5) is 10.8. The highest BCUT2D eigenvalue weighted by atomic mass is 16.6. The number of carboxylic acid groups (broad SMARTS) is 1. The van der Waals surface area contributed by atoms with Gasteiger partial charge in [-0.1, -0.05) is 0 Å². The SMILES string of the molecule is CC1C(c2ccco2)=[N+]([O-])C(C(=O)O)N1O. The summed E-state index contributed by atoms with van der Waals surface area (Å²) in [5.74, 6) is -1.16. The van der Waals surface area contributed by atoms with Crippen LogP contribution in [0.5, 0.6) is 0 Å². The first-order valence-electron chi connectivity index (χ1n) is 4.61. The quantitative estimate of drug-likeness (QED) is 0.547. The number of hydrogen-bond acceptors (Lipinski definition) is 5. The Hall–Kier alpha value is -1.86. The molecule has 2 heterocycles. The molecule has 2 unspecified atom stereocenters. The highest BCUT2D eigenvalue weighted by Crippen LogP contribution is 2.19. The molecule has 1 aromatic heterocycles. The third-order valence-electron chi connectivity index (χ3n) is 2.50. The number of nitrogens with zero attached hydrogens (tertiary/aromatic N) is 2. The Kier molecular flexibility index (Phi) is 2.41. The second-order valence-corrected chi connectivity index (χ2v) is 3.46. The molecule has 2 N–H and O–H groups in total. The number of carbonyl (C=O) groups is 1. The van der Waals surface area contributed by atoms with Crippen LogP contribution in [0.4, 0.5) is 0 Å². The van der Waals surface area contributed by atoms with Gasteiger partial charge in [-0.25, -0.2) is 4.79 Å². The highest BCUT2D eigenvalue weighted by Gasteiger charge is 2.48. The average molecular weight is 226 g/mol. The lowest BCUT2D eigenvalue weighted by atomic mass is 10.2. The van der Waals surface area contributed by atoms with Crippen molar-refractivity contribution < 1.29 is 24.3 Å². The van der Waals surface area contributed by atoms with Gasteiger partial charge in [0.25, 0.3) is 5.71 Å². The molecule has 0 spiro atoms. The van der Waals surface area contributed by atoms with E-state index < -0.39 is 18.2 Å². The van der Waals surface area contributed by atoms with Crippen LogP contribution in [0.3, 0.4) is 0 Å². The fourth-order valence-electron chi connectivity index (χ4n) is 1.71. The first kappa shape index (κ1) is 10.7. The number of aliphatic carboxylic acids is 1. The van der Waals surface area contributed by atoms with E-state index in [4.69, 9.17) is 9.52 Å². The summed E-state index contributed by atoms with van der Waals surface area (Å²) in [6.45, 7) is 1.52. The molecule has 0 amide bonds. The van der Waals surface area contributed by atoms with E-state index in [9.17, 15) is 15.2 Å². The minimum atomic E-state index is -1.63. The maximum absolute atomic E-state index is 11.7. The first-order chi connectivity index (χ1) is 7.54. The fraction of sp³-hybridized carbons (Fsp3) is 0.333. The Morgan fingerprint density at radius 3 is 2.81 bits per heavy atom. The minimum absolute atomic E-state index is 0.0971. The van der Waals surface area contributed by atoms with Crippen LogP contribution in [0.2, 0.25) is 0 Å². The molecule has 0 saturated carbocycles. The van der Waals surface area contributed by atoms with Crippen LogP contribution in [0, 0.1) is 5.21 Å². The summed E-state index contributed by atoms with van der Waals surface area (Å²) in [7, 11) is 0. The third-order valence-corrected chi connectivity index (χ3v) is 2.50. The van der Waals surface area contributed by atoms with Gasteiger partial charge in [0.15, 0.2) is 5.76 Å². The second-order valence-electron chi connectivity index (χ2n) is 3.46. The molecule has 2 rings (SSSR count). The van der Waals surface area contributed by atoms with Crippen LogP contribution in [-0.4, -0.2) is 44.0 Å². The van der Waals surface area contributed by atoms with Crippen LogP contribution >= 0.6 is 0 Å². The van der Waals surface area contributed by atoms with Crippen LogP contribution < -0.4 is 0 Å².